The van der Waals surface area contributed by atoms with Gasteiger partial charge in [-0.2, -0.15) is 0 Å². The average Bonchev–Trinajstić information content (AvgIpc) is 2.68. The zero-order valence-electron chi connectivity index (χ0n) is 9.76. The van der Waals surface area contributed by atoms with E-state index in [0.717, 1.165) is 17.9 Å². The van der Waals surface area contributed by atoms with Crippen molar-refractivity contribution in [3.8, 4) is 0 Å². The highest BCUT2D eigenvalue weighted by molar-refractivity contribution is 5.94. The Morgan fingerprint density at radius 1 is 1.47 bits per heavy atom. The molecule has 1 aliphatic heterocycles. The van der Waals surface area contributed by atoms with Crippen LogP contribution >= 0.6 is 0 Å². The quantitative estimate of drug-likeness (QED) is 0.747. The Morgan fingerprint density at radius 3 is 2.73 bits per heavy atom. The molecular formula is C12H17NO2. The van der Waals surface area contributed by atoms with Crippen molar-refractivity contribution in [2.45, 2.75) is 39.7 Å². The van der Waals surface area contributed by atoms with Crippen molar-refractivity contribution in [1.29, 1.82) is 0 Å². The highest BCUT2D eigenvalue weighted by atomic mass is 16.5. The molecule has 0 N–H and O–H groups in total. The molecule has 0 saturated heterocycles. The minimum absolute atomic E-state index is 0.124. The highest BCUT2D eigenvalue weighted by Gasteiger charge is 2.29. The number of aryl methyl sites for hydroxylation is 2. The molecule has 0 radical (unpaired) electrons. The van der Waals surface area contributed by atoms with Crippen LogP contribution in [0.4, 0.5) is 0 Å². The Hall–Kier alpha value is -1.25. The smallest absolute Gasteiger partial charge is 0.254 e. The van der Waals surface area contributed by atoms with E-state index in [1.165, 1.54) is 5.56 Å². The van der Waals surface area contributed by atoms with Gasteiger partial charge in [-0.1, -0.05) is 6.92 Å². The van der Waals surface area contributed by atoms with Crippen LogP contribution in [0, 0.1) is 6.92 Å². The van der Waals surface area contributed by atoms with E-state index in [1.807, 2.05) is 13.0 Å². The molecule has 0 amide bonds. The van der Waals surface area contributed by atoms with Crippen molar-refractivity contribution in [1.82, 2.24) is 0 Å². The maximum Gasteiger partial charge on any atom is 0.254 e. The predicted molar refractivity (Wildman–Crippen MR) is 59.4 cm³/mol. The highest BCUT2D eigenvalue weighted by Crippen LogP contribution is 2.24. The van der Waals surface area contributed by atoms with E-state index in [0.29, 0.717) is 12.5 Å². The first-order chi connectivity index (χ1) is 7.02. The van der Waals surface area contributed by atoms with Crippen molar-refractivity contribution in [2.24, 2.45) is 4.99 Å². The molecule has 0 bridgehead atoms. The van der Waals surface area contributed by atoms with Gasteiger partial charge in [0.2, 0.25) is 0 Å². The van der Waals surface area contributed by atoms with E-state index < -0.39 is 0 Å². The summed E-state index contributed by atoms with van der Waals surface area (Å²) in [6, 6.07) is 2.05. The summed E-state index contributed by atoms with van der Waals surface area (Å²) >= 11 is 0. The van der Waals surface area contributed by atoms with Gasteiger partial charge in [-0.25, -0.2) is 4.99 Å². The molecule has 1 aromatic heterocycles. The van der Waals surface area contributed by atoms with E-state index >= 15 is 0 Å². The first-order valence-corrected chi connectivity index (χ1v) is 5.34. The predicted octanol–water partition coefficient (Wildman–Crippen LogP) is 2.71. The van der Waals surface area contributed by atoms with Crippen molar-refractivity contribution in [3.05, 3.63) is 23.2 Å². The molecule has 0 aliphatic carbocycles. The van der Waals surface area contributed by atoms with Crippen LogP contribution < -0.4 is 0 Å². The summed E-state index contributed by atoms with van der Waals surface area (Å²) in [6.45, 7) is 8.80. The normalized spacial score (nSPS) is 18.8. The molecule has 0 aromatic carbocycles. The summed E-state index contributed by atoms with van der Waals surface area (Å²) in [6.07, 6.45) is 0.940. The summed E-state index contributed by atoms with van der Waals surface area (Å²) in [5.41, 5.74) is 1.05. The van der Waals surface area contributed by atoms with Crippen LogP contribution in [0.1, 0.15) is 37.9 Å². The molecular weight excluding hydrogens is 190 g/mol. The lowest BCUT2D eigenvalue weighted by molar-refractivity contribution is 0.275. The van der Waals surface area contributed by atoms with Crippen LogP contribution in [0.3, 0.4) is 0 Å². The van der Waals surface area contributed by atoms with Crippen molar-refractivity contribution in [2.75, 3.05) is 6.61 Å². The summed E-state index contributed by atoms with van der Waals surface area (Å²) in [7, 11) is 0. The molecule has 3 heteroatoms. The van der Waals surface area contributed by atoms with Gasteiger partial charge >= 0.3 is 0 Å². The Balaban J connectivity index is 2.38. The lowest BCUT2D eigenvalue weighted by Crippen LogP contribution is -2.17. The van der Waals surface area contributed by atoms with Gasteiger partial charge in [-0.15, -0.1) is 0 Å². The van der Waals surface area contributed by atoms with E-state index in [-0.39, 0.29) is 5.54 Å². The van der Waals surface area contributed by atoms with E-state index in [1.54, 1.807) is 0 Å². The lowest BCUT2D eigenvalue weighted by Gasteiger charge is -2.07. The van der Waals surface area contributed by atoms with Gasteiger partial charge in [-0.3, -0.25) is 0 Å². The van der Waals surface area contributed by atoms with Gasteiger partial charge in [0.15, 0.2) is 5.76 Å². The summed E-state index contributed by atoms with van der Waals surface area (Å²) < 4.78 is 11.2. The molecule has 2 rings (SSSR count). The largest absolute Gasteiger partial charge is 0.473 e. The van der Waals surface area contributed by atoms with Gasteiger partial charge < -0.3 is 9.15 Å². The number of hydrogen-bond acceptors (Lipinski definition) is 3. The van der Waals surface area contributed by atoms with Crippen molar-refractivity contribution >= 4 is 5.90 Å². The minimum Gasteiger partial charge on any atom is -0.473 e. The fourth-order valence-electron chi connectivity index (χ4n) is 1.71. The first-order valence-electron chi connectivity index (χ1n) is 5.34. The standard InChI is InChI=1S/C12H17NO2/c1-5-9-6-8(2)15-10(9)11-13-12(3,4)7-14-11/h6H,5,7H2,1-4H3. The summed E-state index contributed by atoms with van der Waals surface area (Å²) in [4.78, 5) is 4.51. The van der Waals surface area contributed by atoms with Crippen molar-refractivity contribution in [3.63, 3.8) is 0 Å². The maximum atomic E-state index is 5.63. The molecule has 3 nitrogen and oxygen atoms in total. The molecule has 0 spiro atoms. The number of nitrogens with zero attached hydrogens (tertiary/aromatic N) is 1. The zero-order chi connectivity index (χ0) is 11.1. The molecule has 0 unspecified atom stereocenters. The third kappa shape index (κ3) is 1.91. The van der Waals surface area contributed by atoms with Gasteiger partial charge in [0.1, 0.15) is 12.4 Å². The maximum absolute atomic E-state index is 5.63. The van der Waals surface area contributed by atoms with Gasteiger partial charge in [0.25, 0.3) is 5.90 Å². The van der Waals surface area contributed by atoms with Gasteiger partial charge in [0, 0.05) is 5.56 Å². The first kappa shape index (κ1) is 10.3. The van der Waals surface area contributed by atoms with Crippen LogP contribution in [-0.2, 0) is 11.2 Å². The second kappa shape index (κ2) is 3.40. The zero-order valence-corrected chi connectivity index (χ0v) is 9.76. The molecule has 0 saturated carbocycles. The van der Waals surface area contributed by atoms with Crippen molar-refractivity contribution < 1.29 is 9.15 Å². The second-order valence-electron chi connectivity index (χ2n) is 4.58. The Bertz CT molecular complexity index is 402. The van der Waals surface area contributed by atoms with E-state index in [9.17, 15) is 0 Å². The fraction of sp³-hybridized carbons (Fsp3) is 0.583. The van der Waals surface area contributed by atoms with Crippen LogP contribution in [0.25, 0.3) is 0 Å². The van der Waals surface area contributed by atoms with E-state index in [4.69, 9.17) is 9.15 Å². The van der Waals surface area contributed by atoms with E-state index in [2.05, 4.69) is 25.8 Å². The number of aliphatic imine (C=N–C) groups is 1. The van der Waals surface area contributed by atoms with Crippen LogP contribution in [0.5, 0.6) is 0 Å². The molecule has 2 heterocycles. The second-order valence-corrected chi connectivity index (χ2v) is 4.58. The molecule has 0 atom stereocenters. The molecule has 82 valence electrons. The monoisotopic (exact) mass is 207 g/mol. The van der Waals surface area contributed by atoms with Crippen LogP contribution in [0.15, 0.2) is 15.5 Å². The number of furan rings is 1. The van der Waals surface area contributed by atoms with Crippen LogP contribution in [-0.4, -0.2) is 18.0 Å². The Labute approximate surface area is 90.1 Å². The SMILES string of the molecule is CCc1cc(C)oc1C1=NC(C)(C)CO1. The third-order valence-corrected chi connectivity index (χ3v) is 2.47. The lowest BCUT2D eigenvalue weighted by atomic mass is 10.1. The number of ether oxygens (including phenoxy) is 1. The molecule has 1 aliphatic rings. The summed E-state index contributed by atoms with van der Waals surface area (Å²) in [5, 5.41) is 0. The third-order valence-electron chi connectivity index (χ3n) is 2.47. The molecule has 0 fully saturated rings. The topological polar surface area (TPSA) is 34.7 Å². The Kier molecular flexibility index (Phi) is 2.33. The molecule has 15 heavy (non-hydrogen) atoms. The average molecular weight is 207 g/mol. The van der Waals surface area contributed by atoms with Gasteiger partial charge in [0.05, 0.1) is 5.54 Å². The fourth-order valence-corrected chi connectivity index (χ4v) is 1.71. The van der Waals surface area contributed by atoms with Gasteiger partial charge in [-0.05, 0) is 33.3 Å². The van der Waals surface area contributed by atoms with Crippen LogP contribution in [0.2, 0.25) is 0 Å². The summed E-state index contributed by atoms with van der Waals surface area (Å²) in [5.74, 6) is 2.38. The minimum atomic E-state index is -0.124. The molecule has 1 aromatic rings. The number of hydrogen-bond donors (Lipinski definition) is 0. The number of rotatable bonds is 2. The Morgan fingerprint density at radius 2 is 2.20 bits per heavy atom.